The van der Waals surface area contributed by atoms with Crippen molar-refractivity contribution in [1.82, 2.24) is 4.90 Å². The first-order valence-electron chi connectivity index (χ1n) is 3.31. The summed E-state index contributed by atoms with van der Waals surface area (Å²) in [6, 6.07) is 0. The standard InChI is InChI=1S/C6H12N4O2/c1-10(6(8)9)3-2-4(7)5(11)12/h7H,2-3H2,1H3,(H3,8,9)(H,11,12). The summed E-state index contributed by atoms with van der Waals surface area (Å²) in [5.74, 6) is -1.36. The lowest BCUT2D eigenvalue weighted by atomic mass is 10.2. The van der Waals surface area contributed by atoms with Crippen LogP contribution in [0.3, 0.4) is 0 Å². The topological polar surface area (TPSA) is 114 Å². The summed E-state index contributed by atoms with van der Waals surface area (Å²) in [6.07, 6.45) is 0.0887. The van der Waals surface area contributed by atoms with Crippen molar-refractivity contribution in [1.29, 1.82) is 10.8 Å². The van der Waals surface area contributed by atoms with E-state index in [1.807, 2.05) is 0 Å². The van der Waals surface area contributed by atoms with E-state index in [-0.39, 0.29) is 24.6 Å². The molecule has 12 heavy (non-hydrogen) atoms. The molecule has 0 heterocycles. The van der Waals surface area contributed by atoms with E-state index in [1.54, 1.807) is 7.05 Å². The average molecular weight is 172 g/mol. The molecule has 0 aliphatic rings. The highest BCUT2D eigenvalue weighted by Crippen LogP contribution is 1.88. The number of guanidine groups is 1. The number of carboxylic acid groups (broad SMARTS) is 1. The Balaban J connectivity index is 3.76. The molecule has 0 bridgehead atoms. The van der Waals surface area contributed by atoms with Crippen molar-refractivity contribution >= 4 is 17.6 Å². The number of hydrogen-bond donors (Lipinski definition) is 4. The molecule has 0 spiro atoms. The number of rotatable bonds is 4. The second kappa shape index (κ2) is 4.32. The molecule has 0 amide bonds. The molecule has 0 aliphatic carbocycles. The molecule has 5 N–H and O–H groups in total. The Morgan fingerprint density at radius 2 is 2.08 bits per heavy atom. The first-order valence-corrected chi connectivity index (χ1v) is 3.31. The van der Waals surface area contributed by atoms with E-state index in [0.717, 1.165) is 0 Å². The summed E-state index contributed by atoms with van der Waals surface area (Å²) in [7, 11) is 1.57. The van der Waals surface area contributed by atoms with Crippen molar-refractivity contribution in [2.45, 2.75) is 6.42 Å². The Bertz CT molecular complexity index is 214. The van der Waals surface area contributed by atoms with Crippen LogP contribution in [-0.2, 0) is 4.79 Å². The molecule has 0 aromatic rings. The number of aliphatic carboxylic acids is 1. The largest absolute Gasteiger partial charge is 0.477 e. The lowest BCUT2D eigenvalue weighted by molar-refractivity contribution is -0.129. The van der Waals surface area contributed by atoms with Gasteiger partial charge in [0, 0.05) is 20.0 Å². The van der Waals surface area contributed by atoms with Crippen LogP contribution in [0.15, 0.2) is 0 Å². The van der Waals surface area contributed by atoms with E-state index in [2.05, 4.69) is 0 Å². The second-order valence-electron chi connectivity index (χ2n) is 2.34. The fourth-order valence-electron chi connectivity index (χ4n) is 0.507. The zero-order valence-corrected chi connectivity index (χ0v) is 6.79. The number of nitrogens with one attached hydrogen (secondary N) is 2. The monoisotopic (exact) mass is 172 g/mol. The van der Waals surface area contributed by atoms with Crippen LogP contribution >= 0.6 is 0 Å². The number of carboxylic acids is 1. The Morgan fingerprint density at radius 3 is 2.42 bits per heavy atom. The summed E-state index contributed by atoms with van der Waals surface area (Å²) in [5, 5.41) is 22.2. The van der Waals surface area contributed by atoms with Crippen LogP contribution in [0.2, 0.25) is 0 Å². The van der Waals surface area contributed by atoms with Crippen molar-refractivity contribution in [2.75, 3.05) is 13.6 Å². The SMILES string of the molecule is CN(CCC(=N)C(=O)O)C(=N)N. The number of nitrogens with zero attached hydrogens (tertiary/aromatic N) is 1. The Kier molecular flexibility index (Phi) is 3.75. The normalized spacial score (nSPS) is 9.08. The first kappa shape index (κ1) is 10.4. The van der Waals surface area contributed by atoms with E-state index in [4.69, 9.17) is 21.7 Å². The quantitative estimate of drug-likeness (QED) is 0.331. The van der Waals surface area contributed by atoms with Gasteiger partial charge in [-0.1, -0.05) is 0 Å². The molecule has 0 rings (SSSR count). The molecule has 0 atom stereocenters. The lowest BCUT2D eigenvalue weighted by Crippen LogP contribution is -2.35. The van der Waals surface area contributed by atoms with Crippen LogP contribution in [0.4, 0.5) is 0 Å². The van der Waals surface area contributed by atoms with E-state index >= 15 is 0 Å². The van der Waals surface area contributed by atoms with Gasteiger partial charge in [-0.25, -0.2) is 4.79 Å². The maximum atomic E-state index is 10.2. The van der Waals surface area contributed by atoms with E-state index < -0.39 is 5.97 Å². The highest BCUT2D eigenvalue weighted by molar-refractivity contribution is 6.34. The Morgan fingerprint density at radius 1 is 1.58 bits per heavy atom. The van der Waals surface area contributed by atoms with Crippen LogP contribution in [-0.4, -0.2) is 41.2 Å². The van der Waals surface area contributed by atoms with Crippen molar-refractivity contribution in [3.05, 3.63) is 0 Å². The third kappa shape index (κ3) is 3.55. The molecule has 0 unspecified atom stereocenters. The third-order valence-electron chi connectivity index (χ3n) is 1.37. The van der Waals surface area contributed by atoms with Crippen LogP contribution in [0.1, 0.15) is 6.42 Å². The molecule has 0 aromatic carbocycles. The van der Waals surface area contributed by atoms with E-state index in [0.29, 0.717) is 0 Å². The molecule has 6 heteroatoms. The molecule has 0 saturated carbocycles. The average Bonchev–Trinajstić information content (AvgIpc) is 1.98. The minimum atomic E-state index is -1.23. The van der Waals surface area contributed by atoms with Gasteiger partial charge in [0.25, 0.3) is 0 Å². The zero-order valence-electron chi connectivity index (χ0n) is 6.79. The predicted molar refractivity (Wildman–Crippen MR) is 44.5 cm³/mol. The number of hydrogen-bond acceptors (Lipinski definition) is 3. The highest BCUT2D eigenvalue weighted by atomic mass is 16.4. The fourth-order valence-corrected chi connectivity index (χ4v) is 0.507. The van der Waals surface area contributed by atoms with Crippen LogP contribution in [0.25, 0.3) is 0 Å². The van der Waals surface area contributed by atoms with Gasteiger partial charge in [-0.05, 0) is 0 Å². The lowest BCUT2D eigenvalue weighted by Gasteiger charge is -2.15. The van der Waals surface area contributed by atoms with Crippen molar-refractivity contribution in [3.63, 3.8) is 0 Å². The maximum absolute atomic E-state index is 10.2. The van der Waals surface area contributed by atoms with Crippen molar-refractivity contribution in [2.24, 2.45) is 5.73 Å². The number of carbonyl (C=O) groups is 1. The smallest absolute Gasteiger partial charge is 0.349 e. The summed E-state index contributed by atoms with van der Waals surface area (Å²) in [5.41, 5.74) is 4.72. The molecule has 0 saturated heterocycles. The van der Waals surface area contributed by atoms with Gasteiger partial charge in [-0.3, -0.25) is 10.8 Å². The summed E-state index contributed by atoms with van der Waals surface area (Å²) in [6.45, 7) is 0.278. The molecular weight excluding hydrogens is 160 g/mol. The van der Waals surface area contributed by atoms with Gasteiger partial charge in [0.2, 0.25) is 0 Å². The van der Waals surface area contributed by atoms with Crippen molar-refractivity contribution < 1.29 is 9.90 Å². The van der Waals surface area contributed by atoms with E-state index in [9.17, 15) is 4.79 Å². The van der Waals surface area contributed by atoms with Gasteiger partial charge in [0.05, 0.1) is 0 Å². The fraction of sp³-hybridized carbons (Fsp3) is 0.500. The van der Waals surface area contributed by atoms with Crippen LogP contribution in [0, 0.1) is 10.8 Å². The summed E-state index contributed by atoms with van der Waals surface area (Å²) in [4.78, 5) is 11.5. The van der Waals surface area contributed by atoms with Gasteiger partial charge < -0.3 is 15.7 Å². The minimum absolute atomic E-state index is 0.0887. The number of nitrogens with two attached hydrogens (primary N) is 1. The van der Waals surface area contributed by atoms with Gasteiger partial charge in [-0.15, -0.1) is 0 Å². The van der Waals surface area contributed by atoms with Gasteiger partial charge in [-0.2, -0.15) is 0 Å². The summed E-state index contributed by atoms with van der Waals surface area (Å²) >= 11 is 0. The second-order valence-corrected chi connectivity index (χ2v) is 2.34. The molecule has 0 fully saturated rings. The van der Waals surface area contributed by atoms with Gasteiger partial charge >= 0.3 is 5.97 Å². The zero-order chi connectivity index (χ0) is 9.72. The predicted octanol–water partition coefficient (Wildman–Crippen LogP) is -0.694. The van der Waals surface area contributed by atoms with Gasteiger partial charge in [0.1, 0.15) is 5.71 Å². The molecule has 0 aromatic heterocycles. The summed E-state index contributed by atoms with van der Waals surface area (Å²) < 4.78 is 0. The van der Waals surface area contributed by atoms with Crippen molar-refractivity contribution in [3.8, 4) is 0 Å². The maximum Gasteiger partial charge on any atom is 0.349 e. The molecule has 6 nitrogen and oxygen atoms in total. The molecule has 0 aliphatic heterocycles. The Labute approximate surface area is 70.0 Å². The third-order valence-corrected chi connectivity index (χ3v) is 1.37. The highest BCUT2D eigenvalue weighted by Gasteiger charge is 2.07. The first-order chi connectivity index (χ1) is 5.45. The molecule has 0 radical (unpaired) electrons. The van der Waals surface area contributed by atoms with Crippen LogP contribution < -0.4 is 5.73 Å². The molecule has 68 valence electrons. The molecular formula is C6H12N4O2. The van der Waals surface area contributed by atoms with Gasteiger partial charge in [0.15, 0.2) is 5.96 Å². The Hall–Kier alpha value is -1.59. The van der Waals surface area contributed by atoms with E-state index in [1.165, 1.54) is 4.90 Å². The van der Waals surface area contributed by atoms with Crippen LogP contribution in [0.5, 0.6) is 0 Å². The minimum Gasteiger partial charge on any atom is -0.477 e.